The molecule has 1 heterocycles. The van der Waals surface area contributed by atoms with Crippen LogP contribution in [0.2, 0.25) is 0 Å². The van der Waals surface area contributed by atoms with Crippen molar-refractivity contribution in [3.05, 3.63) is 95.8 Å². The minimum Gasteiger partial charge on any atom is -0.497 e. The van der Waals surface area contributed by atoms with Gasteiger partial charge in [0, 0.05) is 23.6 Å². The molecule has 134 valence electrons. The van der Waals surface area contributed by atoms with Crippen molar-refractivity contribution in [2.45, 2.75) is 6.42 Å². The zero-order valence-electron chi connectivity index (χ0n) is 15.3. The minimum atomic E-state index is 0.736. The fourth-order valence-corrected chi connectivity index (χ4v) is 3.10. The van der Waals surface area contributed by atoms with Gasteiger partial charge in [0.1, 0.15) is 17.1 Å². The first-order valence-corrected chi connectivity index (χ1v) is 9.05. The second kappa shape index (κ2) is 7.92. The number of rotatable bonds is 5. The van der Waals surface area contributed by atoms with Crippen LogP contribution in [0.1, 0.15) is 5.56 Å². The van der Waals surface area contributed by atoms with Gasteiger partial charge in [-0.25, -0.2) is 0 Å². The standard InChI is InChI=1S/C24H21NO2/c1-26-20-13-11-19(12-14-20)24-17-22(21-9-5-6-10-23(21)27-24)25-16-15-18-7-3-2-4-8-18/h2-14,17H,15-16H2,1H3. The van der Waals surface area contributed by atoms with Crippen molar-refractivity contribution in [2.75, 3.05) is 13.7 Å². The molecule has 0 radical (unpaired) electrons. The third kappa shape index (κ3) is 3.93. The molecule has 0 N–H and O–H groups in total. The molecule has 0 unspecified atom stereocenters. The third-order valence-electron chi connectivity index (χ3n) is 4.55. The largest absolute Gasteiger partial charge is 0.497 e. The number of benzene rings is 3. The first-order valence-electron chi connectivity index (χ1n) is 9.05. The number of hydrogen-bond donors (Lipinski definition) is 0. The zero-order valence-corrected chi connectivity index (χ0v) is 15.3. The Morgan fingerprint density at radius 2 is 1.59 bits per heavy atom. The van der Waals surface area contributed by atoms with Crippen LogP contribution in [-0.4, -0.2) is 13.7 Å². The summed E-state index contributed by atoms with van der Waals surface area (Å²) in [6.07, 6.45) is 0.916. The summed E-state index contributed by atoms with van der Waals surface area (Å²) in [6.45, 7) is 0.736. The van der Waals surface area contributed by atoms with Gasteiger partial charge in [0.15, 0.2) is 0 Å². The maximum Gasteiger partial charge on any atom is 0.136 e. The molecule has 3 heteroatoms. The summed E-state index contributed by atoms with van der Waals surface area (Å²) in [6, 6.07) is 28.4. The molecule has 0 aliphatic heterocycles. The molecule has 0 saturated heterocycles. The highest BCUT2D eigenvalue weighted by atomic mass is 16.5. The van der Waals surface area contributed by atoms with Crippen molar-refractivity contribution < 1.29 is 9.15 Å². The van der Waals surface area contributed by atoms with E-state index in [-0.39, 0.29) is 0 Å². The lowest BCUT2D eigenvalue weighted by Crippen LogP contribution is -2.06. The van der Waals surface area contributed by atoms with Crippen LogP contribution in [0.15, 0.2) is 94.3 Å². The molecule has 0 amide bonds. The normalized spacial score (nSPS) is 11.7. The highest BCUT2D eigenvalue weighted by Crippen LogP contribution is 2.24. The lowest BCUT2D eigenvalue weighted by Gasteiger charge is -2.06. The van der Waals surface area contributed by atoms with Gasteiger partial charge in [-0.1, -0.05) is 42.5 Å². The first kappa shape index (κ1) is 17.1. The van der Waals surface area contributed by atoms with E-state index in [1.165, 1.54) is 5.56 Å². The van der Waals surface area contributed by atoms with Crippen molar-refractivity contribution in [1.82, 2.24) is 0 Å². The summed E-state index contributed by atoms with van der Waals surface area (Å²) < 4.78 is 11.4. The van der Waals surface area contributed by atoms with Crippen molar-refractivity contribution >= 4 is 11.0 Å². The number of nitrogens with zero attached hydrogens (tertiary/aromatic N) is 1. The molecule has 3 nitrogen and oxygen atoms in total. The molecular weight excluding hydrogens is 334 g/mol. The van der Waals surface area contributed by atoms with E-state index in [0.29, 0.717) is 0 Å². The summed E-state index contributed by atoms with van der Waals surface area (Å²) >= 11 is 0. The summed E-state index contributed by atoms with van der Waals surface area (Å²) in [7, 11) is 1.67. The van der Waals surface area contributed by atoms with Crippen LogP contribution in [-0.2, 0) is 6.42 Å². The lowest BCUT2D eigenvalue weighted by atomic mass is 10.1. The highest BCUT2D eigenvalue weighted by Gasteiger charge is 2.06. The van der Waals surface area contributed by atoms with E-state index < -0.39 is 0 Å². The molecule has 0 atom stereocenters. The van der Waals surface area contributed by atoms with E-state index in [2.05, 4.69) is 30.3 Å². The van der Waals surface area contributed by atoms with Crippen LogP contribution in [0.3, 0.4) is 0 Å². The van der Waals surface area contributed by atoms with Gasteiger partial charge in [0.25, 0.3) is 0 Å². The molecule has 4 rings (SSSR count). The smallest absolute Gasteiger partial charge is 0.136 e. The molecule has 0 saturated carbocycles. The fraction of sp³-hybridized carbons (Fsp3) is 0.125. The molecule has 1 aromatic heterocycles. The maximum absolute atomic E-state index is 6.13. The highest BCUT2D eigenvalue weighted by molar-refractivity contribution is 5.78. The molecule has 0 fully saturated rings. The Morgan fingerprint density at radius 1 is 0.852 bits per heavy atom. The SMILES string of the molecule is COc1ccc(-c2cc(=NCCc3ccccc3)c3ccccc3o2)cc1. The Hall–Kier alpha value is -3.33. The Bertz CT molecular complexity index is 1100. The quantitative estimate of drug-likeness (QED) is 0.490. The van der Waals surface area contributed by atoms with Crippen LogP contribution in [0.5, 0.6) is 5.75 Å². The number of fused-ring (bicyclic) bond motifs is 1. The van der Waals surface area contributed by atoms with Gasteiger partial charge in [0.05, 0.1) is 12.5 Å². The fourth-order valence-electron chi connectivity index (χ4n) is 3.10. The van der Waals surface area contributed by atoms with E-state index in [4.69, 9.17) is 14.1 Å². The van der Waals surface area contributed by atoms with Crippen molar-refractivity contribution in [2.24, 2.45) is 4.99 Å². The van der Waals surface area contributed by atoms with E-state index >= 15 is 0 Å². The van der Waals surface area contributed by atoms with Crippen molar-refractivity contribution in [3.8, 4) is 17.1 Å². The molecular formula is C24H21NO2. The summed E-state index contributed by atoms with van der Waals surface area (Å²) in [4.78, 5) is 4.86. The molecule has 27 heavy (non-hydrogen) atoms. The van der Waals surface area contributed by atoms with Gasteiger partial charge in [-0.2, -0.15) is 0 Å². The van der Waals surface area contributed by atoms with Crippen LogP contribution in [0, 0.1) is 0 Å². The molecule has 0 spiro atoms. The molecule has 0 bridgehead atoms. The summed E-state index contributed by atoms with van der Waals surface area (Å²) in [5.41, 5.74) is 3.13. The van der Waals surface area contributed by atoms with Gasteiger partial charge in [-0.3, -0.25) is 4.99 Å². The average Bonchev–Trinajstić information content (AvgIpc) is 2.74. The molecule has 4 aromatic rings. The van der Waals surface area contributed by atoms with E-state index in [1.54, 1.807) is 7.11 Å². The Balaban J connectivity index is 1.72. The average molecular weight is 355 g/mol. The maximum atomic E-state index is 6.13. The Kier molecular flexibility index (Phi) is 5.01. The minimum absolute atomic E-state index is 0.736. The van der Waals surface area contributed by atoms with Crippen LogP contribution in [0.4, 0.5) is 0 Å². The molecule has 0 aliphatic carbocycles. The van der Waals surface area contributed by atoms with Gasteiger partial charge in [-0.15, -0.1) is 0 Å². The summed E-state index contributed by atoms with van der Waals surface area (Å²) in [5.74, 6) is 1.63. The molecule has 0 aliphatic rings. The third-order valence-corrected chi connectivity index (χ3v) is 4.55. The van der Waals surface area contributed by atoms with Gasteiger partial charge in [0.2, 0.25) is 0 Å². The van der Waals surface area contributed by atoms with Crippen molar-refractivity contribution in [3.63, 3.8) is 0 Å². The van der Waals surface area contributed by atoms with Crippen molar-refractivity contribution in [1.29, 1.82) is 0 Å². The number of hydrogen-bond acceptors (Lipinski definition) is 3. The van der Waals surface area contributed by atoms with Gasteiger partial charge >= 0.3 is 0 Å². The van der Waals surface area contributed by atoms with Crippen LogP contribution >= 0.6 is 0 Å². The van der Waals surface area contributed by atoms with E-state index in [1.807, 2.05) is 54.6 Å². The predicted molar refractivity (Wildman–Crippen MR) is 109 cm³/mol. The van der Waals surface area contributed by atoms with E-state index in [9.17, 15) is 0 Å². The lowest BCUT2D eigenvalue weighted by molar-refractivity contribution is 0.415. The monoisotopic (exact) mass is 355 g/mol. The summed E-state index contributed by atoms with van der Waals surface area (Å²) in [5, 5.41) is 1.99. The Morgan fingerprint density at radius 3 is 2.37 bits per heavy atom. The van der Waals surface area contributed by atoms with E-state index in [0.717, 1.165) is 46.4 Å². The zero-order chi connectivity index (χ0) is 18.5. The molecule has 3 aromatic carbocycles. The predicted octanol–water partition coefficient (Wildman–Crippen LogP) is 5.25. The van der Waals surface area contributed by atoms with Crippen LogP contribution in [0.25, 0.3) is 22.3 Å². The van der Waals surface area contributed by atoms with Gasteiger partial charge < -0.3 is 9.15 Å². The van der Waals surface area contributed by atoms with Gasteiger partial charge in [-0.05, 0) is 48.4 Å². The number of methoxy groups -OCH3 is 1. The number of ether oxygens (including phenoxy) is 1. The van der Waals surface area contributed by atoms with Crippen LogP contribution < -0.4 is 10.1 Å². The number of para-hydroxylation sites is 1. The first-order chi connectivity index (χ1) is 13.3. The second-order valence-corrected chi connectivity index (χ2v) is 6.34. The topological polar surface area (TPSA) is 34.7 Å². The Labute approximate surface area is 158 Å². The second-order valence-electron chi connectivity index (χ2n) is 6.34.